The summed E-state index contributed by atoms with van der Waals surface area (Å²) in [4.78, 5) is 36.7. The summed E-state index contributed by atoms with van der Waals surface area (Å²) in [5.41, 5.74) is 1.34. The van der Waals surface area contributed by atoms with Crippen molar-refractivity contribution in [3.05, 3.63) is 40.5 Å². The lowest BCUT2D eigenvalue weighted by molar-refractivity contribution is -0.114. The summed E-state index contributed by atoms with van der Waals surface area (Å²) in [5.74, 6) is 0.937. The molecule has 3 heterocycles. The maximum absolute atomic E-state index is 12.5. The lowest BCUT2D eigenvalue weighted by Crippen LogP contribution is -2.36. The standard InChI is InChI=1S/C23H26N4O5S/c1-4-31-23(29)20-14(2)19-21(32-17-7-5-6-16(12-17)24-15(3)28)25-18(26-22(19)33-20)13-27-8-10-30-11-9-27/h5-7,12H,4,8-11,13H2,1-3H3,(H,24,28). The molecule has 1 saturated heterocycles. The van der Waals surface area contributed by atoms with E-state index in [9.17, 15) is 9.59 Å². The van der Waals surface area contributed by atoms with Gasteiger partial charge in [0.05, 0.1) is 31.8 Å². The Labute approximate surface area is 195 Å². The molecule has 1 fully saturated rings. The van der Waals surface area contributed by atoms with Crippen LogP contribution in [0.1, 0.15) is 34.9 Å². The normalized spacial score (nSPS) is 14.3. The fourth-order valence-electron chi connectivity index (χ4n) is 3.59. The van der Waals surface area contributed by atoms with Gasteiger partial charge in [0.15, 0.2) is 0 Å². The first-order chi connectivity index (χ1) is 15.9. The zero-order valence-electron chi connectivity index (χ0n) is 18.8. The van der Waals surface area contributed by atoms with Gasteiger partial charge in [0.1, 0.15) is 21.3 Å². The van der Waals surface area contributed by atoms with Gasteiger partial charge in [0.2, 0.25) is 11.8 Å². The van der Waals surface area contributed by atoms with Crippen molar-refractivity contribution in [1.82, 2.24) is 14.9 Å². The van der Waals surface area contributed by atoms with Gasteiger partial charge in [-0.25, -0.2) is 9.78 Å². The van der Waals surface area contributed by atoms with Crippen molar-refractivity contribution in [2.45, 2.75) is 27.3 Å². The molecule has 1 aliphatic rings. The lowest BCUT2D eigenvalue weighted by Gasteiger charge is -2.25. The second-order valence-corrected chi connectivity index (χ2v) is 8.60. The van der Waals surface area contributed by atoms with Crippen LogP contribution in [0, 0.1) is 6.92 Å². The van der Waals surface area contributed by atoms with Crippen LogP contribution >= 0.6 is 11.3 Å². The molecule has 0 spiro atoms. The van der Waals surface area contributed by atoms with E-state index in [1.807, 2.05) is 6.92 Å². The molecule has 0 atom stereocenters. The number of amides is 1. The van der Waals surface area contributed by atoms with Gasteiger partial charge >= 0.3 is 5.97 Å². The van der Waals surface area contributed by atoms with E-state index < -0.39 is 0 Å². The maximum atomic E-state index is 12.5. The molecule has 0 unspecified atom stereocenters. The number of fused-ring (bicyclic) bond motifs is 1. The first kappa shape index (κ1) is 23.1. The zero-order valence-corrected chi connectivity index (χ0v) is 19.7. The van der Waals surface area contributed by atoms with Gasteiger partial charge in [-0.15, -0.1) is 11.3 Å². The van der Waals surface area contributed by atoms with E-state index in [0.29, 0.717) is 64.6 Å². The molecule has 2 aromatic heterocycles. The Morgan fingerprint density at radius 1 is 1.24 bits per heavy atom. The van der Waals surface area contributed by atoms with Crippen LogP contribution in [0.3, 0.4) is 0 Å². The molecule has 0 saturated carbocycles. The smallest absolute Gasteiger partial charge is 0.348 e. The van der Waals surface area contributed by atoms with Gasteiger partial charge in [-0.1, -0.05) is 6.07 Å². The van der Waals surface area contributed by atoms with Crippen molar-refractivity contribution in [2.75, 3.05) is 38.2 Å². The Balaban J connectivity index is 1.74. The number of aromatic nitrogens is 2. The number of ether oxygens (including phenoxy) is 3. The van der Waals surface area contributed by atoms with Crippen LogP contribution in [0.4, 0.5) is 5.69 Å². The largest absolute Gasteiger partial charge is 0.462 e. The summed E-state index contributed by atoms with van der Waals surface area (Å²) in [6, 6.07) is 7.08. The summed E-state index contributed by atoms with van der Waals surface area (Å²) >= 11 is 1.28. The summed E-state index contributed by atoms with van der Waals surface area (Å²) in [6.45, 7) is 8.85. The summed E-state index contributed by atoms with van der Waals surface area (Å²) in [6.07, 6.45) is 0. The Morgan fingerprint density at radius 2 is 2.03 bits per heavy atom. The van der Waals surface area contributed by atoms with Crippen LogP contribution < -0.4 is 10.1 Å². The van der Waals surface area contributed by atoms with Crippen LogP contribution in [-0.2, 0) is 20.8 Å². The van der Waals surface area contributed by atoms with Gasteiger partial charge in [0, 0.05) is 31.8 Å². The van der Waals surface area contributed by atoms with Crippen molar-refractivity contribution >= 4 is 39.1 Å². The topological polar surface area (TPSA) is 103 Å². The van der Waals surface area contributed by atoms with E-state index in [-0.39, 0.29) is 11.9 Å². The van der Waals surface area contributed by atoms with Gasteiger partial charge in [0.25, 0.3) is 0 Å². The number of morpholine rings is 1. The highest BCUT2D eigenvalue weighted by Gasteiger charge is 2.23. The number of thiophene rings is 1. The van der Waals surface area contributed by atoms with E-state index >= 15 is 0 Å². The van der Waals surface area contributed by atoms with Crippen molar-refractivity contribution in [3.8, 4) is 11.6 Å². The molecule has 1 N–H and O–H groups in total. The Kier molecular flexibility index (Phi) is 7.17. The summed E-state index contributed by atoms with van der Waals surface area (Å²) in [5, 5.41) is 3.43. The molecule has 3 aromatic rings. The molecular weight excluding hydrogens is 444 g/mol. The highest BCUT2D eigenvalue weighted by atomic mass is 32.1. The number of anilines is 1. The molecule has 1 amide bonds. The highest BCUT2D eigenvalue weighted by Crippen LogP contribution is 2.37. The fraction of sp³-hybridized carbons (Fsp3) is 0.391. The first-order valence-corrected chi connectivity index (χ1v) is 11.6. The van der Waals surface area contributed by atoms with Gasteiger partial charge in [-0.3, -0.25) is 9.69 Å². The number of carbonyl (C=O) groups is 2. The van der Waals surface area contributed by atoms with Gasteiger partial charge in [-0.05, 0) is 31.5 Å². The molecule has 10 heteroatoms. The number of benzene rings is 1. The maximum Gasteiger partial charge on any atom is 0.348 e. The summed E-state index contributed by atoms with van der Waals surface area (Å²) in [7, 11) is 0. The molecular formula is C23H26N4O5S. The van der Waals surface area contributed by atoms with Crippen molar-refractivity contribution in [3.63, 3.8) is 0 Å². The zero-order chi connectivity index (χ0) is 23.4. The number of nitrogens with zero attached hydrogens (tertiary/aromatic N) is 3. The van der Waals surface area contributed by atoms with E-state index in [2.05, 4.69) is 10.2 Å². The third-order valence-electron chi connectivity index (χ3n) is 5.10. The second kappa shape index (κ2) is 10.2. The van der Waals surface area contributed by atoms with E-state index in [1.165, 1.54) is 18.3 Å². The highest BCUT2D eigenvalue weighted by molar-refractivity contribution is 7.20. The molecule has 0 aliphatic carbocycles. The second-order valence-electron chi connectivity index (χ2n) is 7.60. The van der Waals surface area contributed by atoms with E-state index in [1.54, 1.807) is 31.2 Å². The van der Waals surface area contributed by atoms with E-state index in [4.69, 9.17) is 24.2 Å². The number of hydrogen-bond acceptors (Lipinski definition) is 9. The van der Waals surface area contributed by atoms with Crippen LogP contribution in [0.2, 0.25) is 0 Å². The molecule has 1 aromatic carbocycles. The number of nitrogens with one attached hydrogen (secondary N) is 1. The molecule has 4 rings (SSSR count). The third kappa shape index (κ3) is 5.47. The molecule has 9 nitrogen and oxygen atoms in total. The minimum absolute atomic E-state index is 0.169. The van der Waals surface area contributed by atoms with Crippen LogP contribution in [0.5, 0.6) is 11.6 Å². The molecule has 0 radical (unpaired) electrons. The monoisotopic (exact) mass is 470 g/mol. The molecule has 174 valence electrons. The Bertz CT molecular complexity index is 1170. The quantitative estimate of drug-likeness (QED) is 0.521. The van der Waals surface area contributed by atoms with Crippen LogP contribution in [0.25, 0.3) is 10.2 Å². The predicted molar refractivity (Wildman–Crippen MR) is 125 cm³/mol. The summed E-state index contributed by atoms with van der Waals surface area (Å²) < 4.78 is 16.8. The fourth-order valence-corrected chi connectivity index (χ4v) is 4.68. The third-order valence-corrected chi connectivity index (χ3v) is 6.27. The molecule has 33 heavy (non-hydrogen) atoms. The SMILES string of the molecule is CCOC(=O)c1sc2nc(CN3CCOCC3)nc(Oc3cccc(NC(C)=O)c3)c2c1C. The van der Waals surface area contributed by atoms with Gasteiger partial charge in [-0.2, -0.15) is 4.98 Å². The number of aryl methyl sites for hydroxylation is 1. The van der Waals surface area contributed by atoms with Gasteiger partial charge < -0.3 is 19.5 Å². The number of rotatable bonds is 7. The van der Waals surface area contributed by atoms with E-state index in [0.717, 1.165) is 18.7 Å². The number of esters is 1. The minimum atomic E-state index is -0.383. The number of hydrogen-bond donors (Lipinski definition) is 1. The van der Waals surface area contributed by atoms with Crippen molar-refractivity contribution in [2.24, 2.45) is 0 Å². The van der Waals surface area contributed by atoms with Crippen LogP contribution in [0.15, 0.2) is 24.3 Å². The molecule has 0 bridgehead atoms. The minimum Gasteiger partial charge on any atom is -0.462 e. The Hall–Kier alpha value is -3.08. The molecule has 1 aliphatic heterocycles. The van der Waals surface area contributed by atoms with Crippen LogP contribution in [-0.4, -0.2) is 59.7 Å². The first-order valence-electron chi connectivity index (χ1n) is 10.8. The Morgan fingerprint density at radius 3 is 2.76 bits per heavy atom. The average molecular weight is 471 g/mol. The van der Waals surface area contributed by atoms with Crippen molar-refractivity contribution < 1.29 is 23.8 Å². The predicted octanol–water partition coefficient (Wildman–Crippen LogP) is 3.76. The average Bonchev–Trinajstić information content (AvgIpc) is 3.11. The van der Waals surface area contributed by atoms with Crippen molar-refractivity contribution in [1.29, 1.82) is 0 Å². The lowest BCUT2D eigenvalue weighted by atomic mass is 10.2. The number of carbonyl (C=O) groups excluding carboxylic acids is 2.